The molecule has 1 unspecified atom stereocenters. The van der Waals surface area contributed by atoms with E-state index in [2.05, 4.69) is 24.5 Å². The van der Waals surface area contributed by atoms with Crippen LogP contribution in [0.1, 0.15) is 39.2 Å². The van der Waals surface area contributed by atoms with Crippen molar-refractivity contribution in [3.05, 3.63) is 29.8 Å². The van der Waals surface area contributed by atoms with E-state index in [0.717, 1.165) is 37.2 Å². The standard InChI is InChI=1S/C16H26N2O2/c1-4-6-11-18-16(19)13(3)20-15-10-8-7-9-14(15)12-17-5-2/h7-10,13,17H,4-6,11-12H2,1-3H3,(H,18,19). The van der Waals surface area contributed by atoms with Crippen molar-refractivity contribution >= 4 is 5.91 Å². The molecular weight excluding hydrogens is 252 g/mol. The van der Waals surface area contributed by atoms with Gasteiger partial charge in [0.2, 0.25) is 0 Å². The molecule has 0 heterocycles. The van der Waals surface area contributed by atoms with Crippen molar-refractivity contribution in [3.8, 4) is 5.75 Å². The normalized spacial score (nSPS) is 11.9. The minimum absolute atomic E-state index is 0.0586. The second kappa shape index (κ2) is 9.37. The third kappa shape index (κ3) is 5.61. The van der Waals surface area contributed by atoms with E-state index in [4.69, 9.17) is 4.74 Å². The van der Waals surface area contributed by atoms with E-state index >= 15 is 0 Å². The Labute approximate surface area is 121 Å². The highest BCUT2D eigenvalue weighted by Gasteiger charge is 2.15. The predicted octanol–water partition coefficient (Wildman–Crippen LogP) is 2.48. The molecule has 112 valence electrons. The van der Waals surface area contributed by atoms with Gasteiger partial charge in [0, 0.05) is 18.7 Å². The molecule has 1 atom stereocenters. The smallest absolute Gasteiger partial charge is 0.260 e. The molecule has 0 aliphatic heterocycles. The van der Waals surface area contributed by atoms with E-state index in [1.165, 1.54) is 0 Å². The first kappa shape index (κ1) is 16.5. The van der Waals surface area contributed by atoms with Crippen LogP contribution in [-0.2, 0) is 11.3 Å². The molecule has 1 rings (SSSR count). The van der Waals surface area contributed by atoms with Gasteiger partial charge in [-0.2, -0.15) is 0 Å². The van der Waals surface area contributed by atoms with Gasteiger partial charge in [0.05, 0.1) is 0 Å². The summed E-state index contributed by atoms with van der Waals surface area (Å²) >= 11 is 0. The number of hydrogen-bond acceptors (Lipinski definition) is 3. The predicted molar refractivity (Wildman–Crippen MR) is 81.8 cm³/mol. The number of para-hydroxylation sites is 1. The van der Waals surface area contributed by atoms with Crippen LogP contribution in [0.25, 0.3) is 0 Å². The lowest BCUT2D eigenvalue weighted by Gasteiger charge is -2.17. The van der Waals surface area contributed by atoms with Gasteiger partial charge < -0.3 is 15.4 Å². The van der Waals surface area contributed by atoms with Crippen molar-refractivity contribution in [2.24, 2.45) is 0 Å². The molecule has 0 bridgehead atoms. The lowest BCUT2D eigenvalue weighted by molar-refractivity contribution is -0.127. The highest BCUT2D eigenvalue weighted by atomic mass is 16.5. The summed E-state index contributed by atoms with van der Waals surface area (Å²) in [4.78, 5) is 11.9. The number of unbranched alkanes of at least 4 members (excludes halogenated alkanes) is 1. The number of ether oxygens (including phenoxy) is 1. The molecule has 0 saturated carbocycles. The van der Waals surface area contributed by atoms with Crippen LogP contribution in [0.3, 0.4) is 0 Å². The zero-order valence-corrected chi connectivity index (χ0v) is 12.7. The first-order chi connectivity index (χ1) is 9.69. The number of carbonyl (C=O) groups is 1. The molecule has 2 N–H and O–H groups in total. The summed E-state index contributed by atoms with van der Waals surface area (Å²) in [6.45, 7) is 8.31. The van der Waals surface area contributed by atoms with Gasteiger partial charge in [-0.1, -0.05) is 38.5 Å². The van der Waals surface area contributed by atoms with Crippen LogP contribution in [0.2, 0.25) is 0 Å². The Morgan fingerprint density at radius 2 is 2.05 bits per heavy atom. The minimum Gasteiger partial charge on any atom is -0.481 e. The molecule has 0 aliphatic carbocycles. The number of nitrogens with one attached hydrogen (secondary N) is 2. The van der Waals surface area contributed by atoms with Gasteiger partial charge in [-0.25, -0.2) is 0 Å². The van der Waals surface area contributed by atoms with Crippen molar-refractivity contribution in [2.75, 3.05) is 13.1 Å². The van der Waals surface area contributed by atoms with Gasteiger partial charge in [0.15, 0.2) is 6.10 Å². The van der Waals surface area contributed by atoms with E-state index in [9.17, 15) is 4.79 Å². The first-order valence-electron chi connectivity index (χ1n) is 7.42. The molecule has 20 heavy (non-hydrogen) atoms. The lowest BCUT2D eigenvalue weighted by Crippen LogP contribution is -2.37. The summed E-state index contributed by atoms with van der Waals surface area (Å²) in [5.74, 6) is 0.711. The molecule has 0 radical (unpaired) electrons. The quantitative estimate of drug-likeness (QED) is 0.682. The van der Waals surface area contributed by atoms with Crippen molar-refractivity contribution in [2.45, 2.75) is 46.3 Å². The van der Waals surface area contributed by atoms with E-state index in [-0.39, 0.29) is 5.91 Å². The Hall–Kier alpha value is -1.55. The summed E-state index contributed by atoms with van der Waals surface area (Å²) < 4.78 is 5.78. The monoisotopic (exact) mass is 278 g/mol. The zero-order valence-electron chi connectivity index (χ0n) is 12.7. The number of amides is 1. The van der Waals surface area contributed by atoms with Crippen molar-refractivity contribution in [1.82, 2.24) is 10.6 Å². The summed E-state index contributed by atoms with van der Waals surface area (Å²) in [7, 11) is 0. The van der Waals surface area contributed by atoms with Crippen LogP contribution in [0.4, 0.5) is 0 Å². The summed E-state index contributed by atoms with van der Waals surface area (Å²) in [6, 6.07) is 7.82. The van der Waals surface area contributed by atoms with Gasteiger partial charge in [0.1, 0.15) is 5.75 Å². The average molecular weight is 278 g/mol. The van der Waals surface area contributed by atoms with E-state index < -0.39 is 6.10 Å². The van der Waals surface area contributed by atoms with Gasteiger partial charge in [0.25, 0.3) is 5.91 Å². The fourth-order valence-electron chi connectivity index (χ4n) is 1.80. The number of carbonyl (C=O) groups excluding carboxylic acids is 1. The van der Waals surface area contributed by atoms with Gasteiger partial charge in [-0.3, -0.25) is 4.79 Å². The largest absolute Gasteiger partial charge is 0.481 e. The molecule has 1 amide bonds. The number of benzene rings is 1. The van der Waals surface area contributed by atoms with E-state index in [1.807, 2.05) is 24.3 Å². The molecule has 0 aliphatic rings. The van der Waals surface area contributed by atoms with Crippen LogP contribution in [0.5, 0.6) is 5.75 Å². The van der Waals surface area contributed by atoms with E-state index in [0.29, 0.717) is 6.54 Å². The molecule has 0 spiro atoms. The molecule has 4 heteroatoms. The molecule has 4 nitrogen and oxygen atoms in total. The topological polar surface area (TPSA) is 50.4 Å². The molecule has 0 fully saturated rings. The Morgan fingerprint density at radius 3 is 2.75 bits per heavy atom. The summed E-state index contributed by atoms with van der Waals surface area (Å²) in [5, 5.41) is 6.16. The molecule has 0 saturated heterocycles. The summed E-state index contributed by atoms with van der Waals surface area (Å²) in [6.07, 6.45) is 1.59. The van der Waals surface area contributed by atoms with Crippen LogP contribution in [-0.4, -0.2) is 25.1 Å². The van der Waals surface area contributed by atoms with Crippen molar-refractivity contribution < 1.29 is 9.53 Å². The Balaban J connectivity index is 2.56. The molecule has 0 aromatic heterocycles. The first-order valence-corrected chi connectivity index (χ1v) is 7.42. The third-order valence-electron chi connectivity index (χ3n) is 3.04. The minimum atomic E-state index is -0.477. The van der Waals surface area contributed by atoms with Crippen LogP contribution in [0.15, 0.2) is 24.3 Å². The SMILES string of the molecule is CCCCNC(=O)C(C)Oc1ccccc1CNCC. The fourth-order valence-corrected chi connectivity index (χ4v) is 1.80. The Morgan fingerprint density at radius 1 is 1.30 bits per heavy atom. The highest BCUT2D eigenvalue weighted by Crippen LogP contribution is 2.19. The van der Waals surface area contributed by atoms with Crippen molar-refractivity contribution in [3.63, 3.8) is 0 Å². The summed E-state index contributed by atoms with van der Waals surface area (Å²) in [5.41, 5.74) is 1.07. The molecule has 1 aromatic carbocycles. The van der Waals surface area contributed by atoms with Crippen molar-refractivity contribution in [1.29, 1.82) is 0 Å². The third-order valence-corrected chi connectivity index (χ3v) is 3.04. The van der Waals surface area contributed by atoms with E-state index in [1.54, 1.807) is 6.92 Å². The van der Waals surface area contributed by atoms with Gasteiger partial charge >= 0.3 is 0 Å². The Kier molecular flexibility index (Phi) is 7.73. The maximum Gasteiger partial charge on any atom is 0.260 e. The maximum atomic E-state index is 11.9. The van der Waals surface area contributed by atoms with Crippen LogP contribution >= 0.6 is 0 Å². The van der Waals surface area contributed by atoms with Gasteiger partial charge in [-0.05, 0) is 26.0 Å². The maximum absolute atomic E-state index is 11.9. The Bertz CT molecular complexity index is 407. The second-order valence-electron chi connectivity index (χ2n) is 4.79. The number of hydrogen-bond donors (Lipinski definition) is 2. The molecule has 1 aromatic rings. The second-order valence-corrected chi connectivity index (χ2v) is 4.79. The fraction of sp³-hybridized carbons (Fsp3) is 0.562. The van der Waals surface area contributed by atoms with Crippen LogP contribution < -0.4 is 15.4 Å². The zero-order chi connectivity index (χ0) is 14.8. The average Bonchev–Trinajstić information content (AvgIpc) is 2.46. The molecular formula is C16H26N2O2. The lowest BCUT2D eigenvalue weighted by atomic mass is 10.2. The highest BCUT2D eigenvalue weighted by molar-refractivity contribution is 5.80. The number of rotatable bonds is 9. The van der Waals surface area contributed by atoms with Gasteiger partial charge in [-0.15, -0.1) is 0 Å². The van der Waals surface area contributed by atoms with Crippen LogP contribution in [0, 0.1) is 0 Å².